The van der Waals surface area contributed by atoms with E-state index in [2.05, 4.69) is 5.32 Å². The van der Waals surface area contributed by atoms with E-state index in [0.29, 0.717) is 39.9 Å². The van der Waals surface area contributed by atoms with Crippen LogP contribution in [0.2, 0.25) is 10.0 Å². The highest BCUT2D eigenvalue weighted by Crippen LogP contribution is 2.25. The summed E-state index contributed by atoms with van der Waals surface area (Å²) in [5.41, 5.74) is 2.16. The summed E-state index contributed by atoms with van der Waals surface area (Å²) in [6, 6.07) is 20.5. The second-order valence-corrected chi connectivity index (χ2v) is 10.2. The van der Waals surface area contributed by atoms with Gasteiger partial charge >= 0.3 is 0 Å². The van der Waals surface area contributed by atoms with Gasteiger partial charge in [0.15, 0.2) is 0 Å². The van der Waals surface area contributed by atoms with Gasteiger partial charge in [-0.2, -0.15) is 0 Å². The highest BCUT2D eigenvalue weighted by Gasteiger charge is 2.30. The fourth-order valence-corrected chi connectivity index (χ4v) is 5.06. The van der Waals surface area contributed by atoms with Gasteiger partial charge in [-0.1, -0.05) is 84.7 Å². The van der Waals surface area contributed by atoms with Crippen LogP contribution in [-0.4, -0.2) is 35.1 Å². The molecule has 0 aliphatic rings. The van der Waals surface area contributed by atoms with Crippen LogP contribution in [0.3, 0.4) is 0 Å². The van der Waals surface area contributed by atoms with Crippen LogP contribution in [-0.2, 0) is 28.3 Å². The quantitative estimate of drug-likeness (QED) is 0.281. The number of rotatable bonds is 12. The molecule has 190 valence electrons. The van der Waals surface area contributed by atoms with Gasteiger partial charge in [0.25, 0.3) is 0 Å². The minimum absolute atomic E-state index is 0.0892. The van der Waals surface area contributed by atoms with Gasteiger partial charge in [-0.15, -0.1) is 11.8 Å². The normalized spacial score (nSPS) is 11.7. The van der Waals surface area contributed by atoms with Crippen molar-refractivity contribution in [2.24, 2.45) is 0 Å². The first-order valence-corrected chi connectivity index (χ1v) is 13.7. The Balaban J connectivity index is 1.87. The van der Waals surface area contributed by atoms with E-state index in [1.165, 1.54) is 17.8 Å². The molecule has 3 aromatic carbocycles. The summed E-state index contributed by atoms with van der Waals surface area (Å²) in [5.74, 6) is -0.318. The first kappa shape index (κ1) is 28.0. The molecule has 4 nitrogen and oxygen atoms in total. The molecule has 36 heavy (non-hydrogen) atoms. The maximum atomic E-state index is 14.0. The predicted octanol–water partition coefficient (Wildman–Crippen LogP) is 6.53. The summed E-state index contributed by atoms with van der Waals surface area (Å²) in [6.45, 7) is 2.63. The molecule has 0 heterocycles. The number of benzene rings is 3. The summed E-state index contributed by atoms with van der Waals surface area (Å²) in [7, 11) is 0. The molecule has 0 aromatic heterocycles. The van der Waals surface area contributed by atoms with Gasteiger partial charge in [-0.3, -0.25) is 9.59 Å². The van der Waals surface area contributed by atoms with Crippen molar-refractivity contribution in [2.45, 2.75) is 38.1 Å². The second-order valence-electron chi connectivity index (χ2n) is 8.34. The molecule has 0 radical (unpaired) electrons. The SMILES string of the molecule is CCCNC(=O)[C@H](Cc1ccccc1)N(Cc1ccc(Cl)cc1Cl)C(=O)CSCc1ccccc1F. The highest BCUT2D eigenvalue weighted by atomic mass is 35.5. The number of halogens is 3. The van der Waals surface area contributed by atoms with E-state index in [-0.39, 0.29) is 29.9 Å². The van der Waals surface area contributed by atoms with Crippen LogP contribution in [0.15, 0.2) is 72.8 Å². The molecule has 0 unspecified atom stereocenters. The van der Waals surface area contributed by atoms with Crippen LogP contribution in [0.25, 0.3) is 0 Å². The van der Waals surface area contributed by atoms with E-state index in [0.717, 1.165) is 12.0 Å². The molecule has 3 rings (SSSR count). The minimum Gasteiger partial charge on any atom is -0.354 e. The van der Waals surface area contributed by atoms with Crippen molar-refractivity contribution >= 4 is 46.8 Å². The largest absolute Gasteiger partial charge is 0.354 e. The van der Waals surface area contributed by atoms with Crippen molar-refractivity contribution in [1.82, 2.24) is 10.2 Å². The first-order valence-electron chi connectivity index (χ1n) is 11.7. The monoisotopic (exact) mass is 546 g/mol. The molecule has 0 bridgehead atoms. The fourth-order valence-electron chi connectivity index (χ4n) is 3.70. The van der Waals surface area contributed by atoms with Gasteiger partial charge in [0.05, 0.1) is 5.75 Å². The molecule has 0 fully saturated rings. The van der Waals surface area contributed by atoms with Crippen molar-refractivity contribution in [3.63, 3.8) is 0 Å². The van der Waals surface area contributed by atoms with Gasteiger partial charge in [0, 0.05) is 35.3 Å². The molecule has 8 heteroatoms. The molecular weight excluding hydrogens is 518 g/mol. The molecule has 1 N–H and O–H groups in total. The lowest BCUT2D eigenvalue weighted by Gasteiger charge is -2.32. The molecule has 0 spiro atoms. The first-order chi connectivity index (χ1) is 17.4. The molecule has 2 amide bonds. The van der Waals surface area contributed by atoms with E-state index in [9.17, 15) is 14.0 Å². The molecule has 0 aliphatic carbocycles. The summed E-state index contributed by atoms with van der Waals surface area (Å²) >= 11 is 13.8. The van der Waals surface area contributed by atoms with E-state index < -0.39 is 6.04 Å². The molecule has 0 aliphatic heterocycles. The van der Waals surface area contributed by atoms with Crippen molar-refractivity contribution < 1.29 is 14.0 Å². The van der Waals surface area contributed by atoms with Crippen LogP contribution in [0, 0.1) is 5.82 Å². The Labute approximate surface area is 226 Å². The Kier molecular flexibility index (Phi) is 11.1. The molecular formula is C28H29Cl2FN2O2S. The van der Waals surface area contributed by atoms with E-state index in [4.69, 9.17) is 23.2 Å². The lowest BCUT2D eigenvalue weighted by Crippen LogP contribution is -2.51. The Bertz CT molecular complexity index is 1160. The average Bonchev–Trinajstić information content (AvgIpc) is 2.87. The van der Waals surface area contributed by atoms with Gasteiger partial charge in [-0.05, 0) is 41.3 Å². The number of carbonyl (C=O) groups excluding carboxylic acids is 2. The molecule has 3 aromatic rings. The number of nitrogens with zero attached hydrogens (tertiary/aromatic N) is 1. The van der Waals surface area contributed by atoms with E-state index >= 15 is 0 Å². The lowest BCUT2D eigenvalue weighted by atomic mass is 10.0. The van der Waals surface area contributed by atoms with Crippen LogP contribution < -0.4 is 5.32 Å². The number of thioether (sulfide) groups is 1. The third kappa shape index (κ3) is 8.26. The maximum absolute atomic E-state index is 14.0. The standard InChI is InChI=1S/C28H29Cl2FN2O2S/c1-2-14-32-28(35)26(15-20-8-4-3-5-9-20)33(17-21-12-13-23(29)16-24(21)30)27(34)19-36-18-22-10-6-7-11-25(22)31/h3-13,16,26H,2,14-15,17-19H2,1H3,(H,32,35)/t26-/m0/s1. The number of hydrogen-bond acceptors (Lipinski definition) is 3. The highest BCUT2D eigenvalue weighted by molar-refractivity contribution is 7.99. The zero-order chi connectivity index (χ0) is 25.9. The van der Waals surface area contributed by atoms with Gasteiger partial charge < -0.3 is 10.2 Å². The lowest BCUT2D eigenvalue weighted by molar-refractivity contribution is -0.139. The molecule has 1 atom stereocenters. The fraction of sp³-hybridized carbons (Fsp3) is 0.286. The average molecular weight is 548 g/mol. The van der Waals surface area contributed by atoms with Crippen LogP contribution >= 0.6 is 35.0 Å². The number of nitrogens with one attached hydrogen (secondary N) is 1. The zero-order valence-corrected chi connectivity index (χ0v) is 22.4. The van der Waals surface area contributed by atoms with E-state index in [1.807, 2.05) is 37.3 Å². The second kappa shape index (κ2) is 14.3. The summed E-state index contributed by atoms with van der Waals surface area (Å²) < 4.78 is 14.0. The summed E-state index contributed by atoms with van der Waals surface area (Å²) in [6.07, 6.45) is 1.13. The Morgan fingerprint density at radius 2 is 1.72 bits per heavy atom. The smallest absolute Gasteiger partial charge is 0.243 e. The number of carbonyl (C=O) groups is 2. The van der Waals surface area contributed by atoms with Gasteiger partial charge in [0.2, 0.25) is 11.8 Å². The van der Waals surface area contributed by atoms with Crippen molar-refractivity contribution in [2.75, 3.05) is 12.3 Å². The van der Waals surface area contributed by atoms with Gasteiger partial charge in [-0.25, -0.2) is 4.39 Å². The Hall–Kier alpha value is -2.54. The summed E-state index contributed by atoms with van der Waals surface area (Å²) in [5, 5.41) is 3.86. The minimum atomic E-state index is -0.743. The molecule has 0 saturated heterocycles. The maximum Gasteiger partial charge on any atom is 0.243 e. The number of amides is 2. The third-order valence-corrected chi connectivity index (χ3v) is 7.17. The van der Waals surface area contributed by atoms with E-state index in [1.54, 1.807) is 41.3 Å². The van der Waals surface area contributed by atoms with Crippen molar-refractivity contribution in [3.05, 3.63) is 105 Å². The third-order valence-electron chi connectivity index (χ3n) is 5.62. The van der Waals surface area contributed by atoms with Crippen LogP contribution in [0.1, 0.15) is 30.0 Å². The van der Waals surface area contributed by atoms with Gasteiger partial charge in [0.1, 0.15) is 11.9 Å². The summed E-state index contributed by atoms with van der Waals surface area (Å²) in [4.78, 5) is 28.5. The Morgan fingerprint density at radius 3 is 2.42 bits per heavy atom. The van der Waals surface area contributed by atoms with Crippen molar-refractivity contribution in [3.8, 4) is 0 Å². The molecule has 0 saturated carbocycles. The van der Waals surface area contributed by atoms with Crippen molar-refractivity contribution in [1.29, 1.82) is 0 Å². The van der Waals surface area contributed by atoms with Crippen LogP contribution in [0.4, 0.5) is 4.39 Å². The van der Waals surface area contributed by atoms with Crippen LogP contribution in [0.5, 0.6) is 0 Å². The number of hydrogen-bond donors (Lipinski definition) is 1. The predicted molar refractivity (Wildman–Crippen MR) is 147 cm³/mol. The zero-order valence-electron chi connectivity index (χ0n) is 20.1. The topological polar surface area (TPSA) is 49.4 Å². The Morgan fingerprint density at radius 1 is 1.00 bits per heavy atom.